The van der Waals surface area contributed by atoms with Gasteiger partial charge in [0.2, 0.25) is 0 Å². The van der Waals surface area contributed by atoms with Gasteiger partial charge in [-0.3, -0.25) is 0 Å². The molecule has 0 radical (unpaired) electrons. The van der Waals surface area contributed by atoms with Gasteiger partial charge in [0.05, 0.1) is 12.7 Å². The summed E-state index contributed by atoms with van der Waals surface area (Å²) in [5.74, 6) is 0.487. The molecule has 0 spiro atoms. The number of ether oxygens (including phenoxy) is 1. The van der Waals surface area contributed by atoms with E-state index in [2.05, 4.69) is 13.8 Å². The summed E-state index contributed by atoms with van der Waals surface area (Å²) < 4.78 is 56.4. The van der Waals surface area contributed by atoms with Gasteiger partial charge in [-0.15, -0.1) is 0 Å². The van der Waals surface area contributed by atoms with E-state index in [-0.39, 0.29) is 17.7 Å². The molecule has 1 heterocycles. The zero-order valence-electron chi connectivity index (χ0n) is 14.1. The molecule has 5 heteroatoms. The lowest BCUT2D eigenvalue weighted by molar-refractivity contribution is -0.0790. The van der Waals surface area contributed by atoms with Crippen molar-refractivity contribution in [2.45, 2.75) is 51.8 Å². The van der Waals surface area contributed by atoms with Crippen LogP contribution in [0, 0.1) is 17.7 Å². The Morgan fingerprint density at radius 2 is 2.04 bits per heavy atom. The second-order valence-electron chi connectivity index (χ2n) is 6.58. The fourth-order valence-corrected chi connectivity index (χ4v) is 3.24. The lowest BCUT2D eigenvalue weighted by atomic mass is 9.84. The molecule has 0 amide bonds. The second-order valence-corrected chi connectivity index (χ2v) is 6.58. The average molecular weight is 344 g/mol. The molecule has 2 rings (SSSR count). The number of rotatable bonds is 5. The topological polar surface area (TPSA) is 9.23 Å². The largest absolute Gasteiger partial charge is 0.409 e. The van der Waals surface area contributed by atoms with Crippen LogP contribution in [-0.4, -0.2) is 12.8 Å². The molecule has 1 saturated heterocycles. The quantitative estimate of drug-likeness (QED) is 0.569. The zero-order valence-corrected chi connectivity index (χ0v) is 14.1. The second kappa shape index (κ2) is 8.15. The Balaban J connectivity index is 1.99. The van der Waals surface area contributed by atoms with Crippen molar-refractivity contribution >= 4 is 6.08 Å². The summed E-state index contributed by atoms with van der Waals surface area (Å²) in [4.78, 5) is 0. The zero-order chi connectivity index (χ0) is 17.7. The van der Waals surface area contributed by atoms with Crippen molar-refractivity contribution in [1.82, 2.24) is 0 Å². The van der Waals surface area contributed by atoms with E-state index in [0.29, 0.717) is 24.0 Å². The van der Waals surface area contributed by atoms with Crippen molar-refractivity contribution in [3.05, 3.63) is 41.2 Å². The molecule has 0 aliphatic carbocycles. The van der Waals surface area contributed by atoms with Crippen molar-refractivity contribution in [2.75, 3.05) is 6.61 Å². The normalized spacial score (nSPS) is 23.6. The summed E-state index contributed by atoms with van der Waals surface area (Å²) in [6.07, 6.45) is 0.351. The summed E-state index contributed by atoms with van der Waals surface area (Å²) in [5, 5.41) is 0. The van der Waals surface area contributed by atoms with Crippen LogP contribution < -0.4 is 0 Å². The first-order chi connectivity index (χ1) is 11.3. The van der Waals surface area contributed by atoms with Crippen LogP contribution in [0.2, 0.25) is 0 Å². The van der Waals surface area contributed by atoms with Crippen molar-refractivity contribution in [3.63, 3.8) is 0 Å². The van der Waals surface area contributed by atoms with E-state index in [1.807, 2.05) is 0 Å². The number of alkyl halides is 3. The molecule has 1 aromatic rings. The highest BCUT2D eigenvalue weighted by Crippen LogP contribution is 2.35. The van der Waals surface area contributed by atoms with Crippen LogP contribution >= 0.6 is 0 Å². The van der Waals surface area contributed by atoms with Crippen LogP contribution in [0.5, 0.6) is 0 Å². The summed E-state index contributed by atoms with van der Waals surface area (Å²) >= 11 is 0. The molecule has 1 nitrogen and oxygen atoms in total. The van der Waals surface area contributed by atoms with Gasteiger partial charge in [-0.05, 0) is 42.4 Å². The smallest absolute Gasteiger partial charge is 0.373 e. The van der Waals surface area contributed by atoms with Crippen molar-refractivity contribution in [1.29, 1.82) is 0 Å². The number of hydrogen-bond donors (Lipinski definition) is 0. The highest BCUT2D eigenvalue weighted by molar-refractivity contribution is 5.51. The van der Waals surface area contributed by atoms with Gasteiger partial charge < -0.3 is 4.74 Å². The highest BCUT2D eigenvalue weighted by Gasteiger charge is 2.27. The summed E-state index contributed by atoms with van der Waals surface area (Å²) in [5.41, 5.74) is 0.625. The van der Waals surface area contributed by atoms with E-state index < -0.39 is 12.0 Å². The monoisotopic (exact) mass is 344 g/mol. The van der Waals surface area contributed by atoms with Gasteiger partial charge in [0.1, 0.15) is 5.82 Å². The van der Waals surface area contributed by atoms with Crippen LogP contribution in [0.15, 0.2) is 24.3 Å². The fourth-order valence-electron chi connectivity index (χ4n) is 3.24. The molecule has 0 aromatic heterocycles. The van der Waals surface area contributed by atoms with Gasteiger partial charge in [-0.25, -0.2) is 4.39 Å². The molecular formula is C19H24F4O. The van der Waals surface area contributed by atoms with Gasteiger partial charge >= 0.3 is 6.18 Å². The third kappa shape index (κ3) is 5.33. The number of halogens is 4. The van der Waals surface area contributed by atoms with Gasteiger partial charge in [-0.1, -0.05) is 38.8 Å². The Morgan fingerprint density at radius 1 is 1.29 bits per heavy atom. The van der Waals surface area contributed by atoms with Crippen LogP contribution in [0.25, 0.3) is 6.08 Å². The van der Waals surface area contributed by atoms with E-state index in [1.165, 1.54) is 18.6 Å². The molecule has 0 bridgehead atoms. The van der Waals surface area contributed by atoms with E-state index >= 15 is 0 Å². The number of allylic oxidation sites excluding steroid dienone is 1. The Bertz CT molecular complexity index is 557. The van der Waals surface area contributed by atoms with E-state index in [4.69, 9.17) is 4.74 Å². The minimum absolute atomic E-state index is 0.0436. The number of benzene rings is 1. The Hall–Kier alpha value is -1.36. The molecular weight excluding hydrogens is 320 g/mol. The van der Waals surface area contributed by atoms with E-state index in [1.54, 1.807) is 6.07 Å². The summed E-state index contributed by atoms with van der Waals surface area (Å²) in [6, 6.07) is 4.32. The molecule has 1 fully saturated rings. The van der Waals surface area contributed by atoms with Crippen molar-refractivity contribution in [3.8, 4) is 0 Å². The highest BCUT2D eigenvalue weighted by atomic mass is 19.4. The molecule has 0 saturated carbocycles. The molecule has 3 unspecified atom stereocenters. The summed E-state index contributed by atoms with van der Waals surface area (Å²) in [7, 11) is 0. The SMILES string of the molecule is CCCC(C)C1CCC(c2ccc(/C=C/C(F)(F)F)c(F)c2)OC1. The molecule has 3 atom stereocenters. The van der Waals surface area contributed by atoms with Crippen molar-refractivity contribution in [2.24, 2.45) is 11.8 Å². The first-order valence-corrected chi connectivity index (χ1v) is 8.47. The first kappa shape index (κ1) is 19.0. The third-order valence-electron chi connectivity index (χ3n) is 4.71. The Labute approximate surface area is 140 Å². The first-order valence-electron chi connectivity index (χ1n) is 8.47. The lowest BCUT2D eigenvalue weighted by Gasteiger charge is -2.32. The van der Waals surface area contributed by atoms with E-state index in [9.17, 15) is 17.6 Å². The molecule has 134 valence electrons. The third-order valence-corrected chi connectivity index (χ3v) is 4.71. The van der Waals surface area contributed by atoms with Crippen LogP contribution in [-0.2, 0) is 4.74 Å². The maximum absolute atomic E-state index is 14.0. The van der Waals surface area contributed by atoms with E-state index in [0.717, 1.165) is 25.3 Å². The predicted molar refractivity (Wildman–Crippen MR) is 87.0 cm³/mol. The van der Waals surface area contributed by atoms with Crippen molar-refractivity contribution < 1.29 is 22.3 Å². The van der Waals surface area contributed by atoms with Crippen LogP contribution in [0.3, 0.4) is 0 Å². The van der Waals surface area contributed by atoms with Gasteiger partial charge in [-0.2, -0.15) is 13.2 Å². The minimum atomic E-state index is -4.44. The molecule has 1 aliphatic rings. The maximum atomic E-state index is 14.0. The Morgan fingerprint density at radius 3 is 2.58 bits per heavy atom. The number of hydrogen-bond acceptors (Lipinski definition) is 1. The fraction of sp³-hybridized carbons (Fsp3) is 0.579. The molecule has 0 N–H and O–H groups in total. The van der Waals surface area contributed by atoms with Crippen LogP contribution in [0.4, 0.5) is 17.6 Å². The minimum Gasteiger partial charge on any atom is -0.373 e. The van der Waals surface area contributed by atoms with Gasteiger partial charge in [0.15, 0.2) is 0 Å². The van der Waals surface area contributed by atoms with Gasteiger partial charge in [0, 0.05) is 11.6 Å². The Kier molecular flexibility index (Phi) is 6.44. The summed E-state index contributed by atoms with van der Waals surface area (Å²) in [6.45, 7) is 5.06. The molecule has 1 aromatic carbocycles. The standard InChI is InChI=1S/C19H24F4O/c1-3-4-13(2)16-7-8-18(24-12-16)15-6-5-14(17(20)11-15)9-10-19(21,22)23/h5-6,9-11,13,16,18H,3-4,7-8,12H2,1-2H3/b10-9+. The predicted octanol–water partition coefficient (Wildman–Crippen LogP) is 6.31. The lowest BCUT2D eigenvalue weighted by Crippen LogP contribution is -2.25. The average Bonchev–Trinajstić information content (AvgIpc) is 2.53. The maximum Gasteiger partial charge on any atom is 0.409 e. The molecule has 24 heavy (non-hydrogen) atoms. The van der Waals surface area contributed by atoms with Gasteiger partial charge in [0.25, 0.3) is 0 Å². The molecule has 1 aliphatic heterocycles. The van der Waals surface area contributed by atoms with Crippen LogP contribution in [0.1, 0.15) is 56.8 Å².